The molecule has 0 aliphatic rings. The van der Waals surface area contributed by atoms with Crippen molar-refractivity contribution >= 4 is 17.3 Å². The number of nitrogens with zero attached hydrogens (tertiary/aromatic N) is 3. The molecule has 1 aromatic carbocycles. The number of carboxylic acids is 1. The molecule has 0 unspecified atom stereocenters. The second kappa shape index (κ2) is 5.64. The maximum atomic E-state index is 11.3. The SMILES string of the molecule is CN(CCc1ccnn1C)c1ccc(N)cc1C(=O)O. The molecule has 6 nitrogen and oxygen atoms in total. The van der Waals surface area contributed by atoms with E-state index in [1.54, 1.807) is 18.3 Å². The topological polar surface area (TPSA) is 84.4 Å². The van der Waals surface area contributed by atoms with Crippen LogP contribution in [0.1, 0.15) is 16.1 Å². The summed E-state index contributed by atoms with van der Waals surface area (Å²) in [4.78, 5) is 13.2. The Morgan fingerprint density at radius 1 is 1.45 bits per heavy atom. The van der Waals surface area contributed by atoms with Crippen molar-refractivity contribution in [2.24, 2.45) is 7.05 Å². The molecule has 6 heteroatoms. The van der Waals surface area contributed by atoms with E-state index >= 15 is 0 Å². The highest BCUT2D eigenvalue weighted by molar-refractivity contribution is 5.95. The average Bonchev–Trinajstić information content (AvgIpc) is 2.81. The molecule has 2 aromatic rings. The van der Waals surface area contributed by atoms with E-state index in [1.807, 2.05) is 29.7 Å². The summed E-state index contributed by atoms with van der Waals surface area (Å²) in [7, 11) is 3.76. The molecule has 0 radical (unpaired) electrons. The first-order chi connectivity index (χ1) is 9.49. The van der Waals surface area contributed by atoms with Crippen molar-refractivity contribution in [3.63, 3.8) is 0 Å². The van der Waals surface area contributed by atoms with E-state index in [2.05, 4.69) is 5.10 Å². The maximum absolute atomic E-state index is 11.3. The van der Waals surface area contributed by atoms with E-state index in [9.17, 15) is 9.90 Å². The van der Waals surface area contributed by atoms with Crippen LogP contribution < -0.4 is 10.6 Å². The van der Waals surface area contributed by atoms with Crippen LogP contribution in [0.5, 0.6) is 0 Å². The molecular weight excluding hydrogens is 256 g/mol. The van der Waals surface area contributed by atoms with Gasteiger partial charge in [0.15, 0.2) is 0 Å². The van der Waals surface area contributed by atoms with E-state index in [4.69, 9.17) is 5.73 Å². The zero-order valence-electron chi connectivity index (χ0n) is 11.6. The number of carboxylic acid groups (broad SMARTS) is 1. The van der Waals surface area contributed by atoms with Crippen LogP contribution in [0, 0.1) is 0 Å². The van der Waals surface area contributed by atoms with Gasteiger partial charge in [-0.05, 0) is 24.3 Å². The summed E-state index contributed by atoms with van der Waals surface area (Å²) in [6, 6.07) is 6.89. The van der Waals surface area contributed by atoms with Crippen molar-refractivity contribution in [3.8, 4) is 0 Å². The fraction of sp³-hybridized carbons (Fsp3) is 0.286. The van der Waals surface area contributed by atoms with Gasteiger partial charge in [-0.1, -0.05) is 0 Å². The number of carbonyl (C=O) groups is 1. The molecule has 0 atom stereocenters. The first kappa shape index (κ1) is 13.9. The fourth-order valence-corrected chi connectivity index (χ4v) is 2.11. The highest BCUT2D eigenvalue weighted by atomic mass is 16.4. The molecule has 20 heavy (non-hydrogen) atoms. The summed E-state index contributed by atoms with van der Waals surface area (Å²) in [5.74, 6) is -0.973. The van der Waals surface area contributed by atoms with Crippen LogP contribution in [0.4, 0.5) is 11.4 Å². The summed E-state index contributed by atoms with van der Waals surface area (Å²) in [5, 5.41) is 13.4. The van der Waals surface area contributed by atoms with Crippen molar-refractivity contribution < 1.29 is 9.90 Å². The van der Waals surface area contributed by atoms with Crippen LogP contribution in [-0.4, -0.2) is 34.4 Å². The highest BCUT2D eigenvalue weighted by Crippen LogP contribution is 2.22. The molecule has 3 N–H and O–H groups in total. The Morgan fingerprint density at radius 2 is 2.20 bits per heavy atom. The van der Waals surface area contributed by atoms with Gasteiger partial charge in [-0.25, -0.2) is 4.79 Å². The van der Waals surface area contributed by atoms with Gasteiger partial charge in [-0.3, -0.25) is 4.68 Å². The smallest absolute Gasteiger partial charge is 0.337 e. The molecule has 2 rings (SSSR count). The third-order valence-electron chi connectivity index (χ3n) is 3.29. The van der Waals surface area contributed by atoms with Gasteiger partial charge in [0.2, 0.25) is 0 Å². The minimum Gasteiger partial charge on any atom is -0.478 e. The third kappa shape index (κ3) is 2.90. The zero-order chi connectivity index (χ0) is 14.7. The molecule has 1 aromatic heterocycles. The highest BCUT2D eigenvalue weighted by Gasteiger charge is 2.14. The van der Waals surface area contributed by atoms with Crippen LogP contribution in [0.25, 0.3) is 0 Å². The molecule has 0 aliphatic heterocycles. The van der Waals surface area contributed by atoms with E-state index in [0.717, 1.165) is 12.1 Å². The molecule has 0 bridgehead atoms. The first-order valence-electron chi connectivity index (χ1n) is 6.30. The molecular formula is C14H18N4O2. The molecule has 0 amide bonds. The molecule has 0 spiro atoms. The zero-order valence-corrected chi connectivity index (χ0v) is 11.6. The standard InChI is InChI=1S/C14H18N4O2/c1-17(8-6-11-5-7-16-18(11)2)13-4-3-10(15)9-12(13)14(19)20/h3-5,7,9H,6,8,15H2,1-2H3,(H,19,20). The number of nitrogens with two attached hydrogens (primary N) is 1. The predicted octanol–water partition coefficient (Wildman–Crippen LogP) is 1.38. The van der Waals surface area contributed by atoms with Crippen LogP contribution in [-0.2, 0) is 13.5 Å². The molecule has 106 valence electrons. The average molecular weight is 274 g/mol. The number of nitrogen functional groups attached to an aromatic ring is 1. The van der Waals surface area contributed by atoms with Gasteiger partial charge in [0.05, 0.1) is 11.3 Å². The number of aromatic carboxylic acids is 1. The number of anilines is 2. The van der Waals surface area contributed by atoms with Gasteiger partial charge in [0.25, 0.3) is 0 Å². The lowest BCUT2D eigenvalue weighted by Gasteiger charge is -2.21. The minimum absolute atomic E-state index is 0.220. The monoisotopic (exact) mass is 274 g/mol. The summed E-state index contributed by atoms with van der Waals surface area (Å²) in [6.45, 7) is 0.698. The number of aryl methyl sites for hydroxylation is 1. The number of hydrogen-bond donors (Lipinski definition) is 2. The number of benzene rings is 1. The maximum Gasteiger partial charge on any atom is 0.337 e. The van der Waals surface area contributed by atoms with E-state index < -0.39 is 5.97 Å². The normalized spacial score (nSPS) is 10.5. The number of aromatic nitrogens is 2. The quantitative estimate of drug-likeness (QED) is 0.805. The van der Waals surface area contributed by atoms with E-state index in [0.29, 0.717) is 17.9 Å². The Kier molecular flexibility index (Phi) is 3.93. The molecule has 0 fully saturated rings. The summed E-state index contributed by atoms with van der Waals surface area (Å²) in [6.07, 6.45) is 2.54. The van der Waals surface area contributed by atoms with Crippen LogP contribution >= 0.6 is 0 Å². The van der Waals surface area contributed by atoms with Gasteiger partial charge in [-0.2, -0.15) is 5.10 Å². The predicted molar refractivity (Wildman–Crippen MR) is 78.0 cm³/mol. The van der Waals surface area contributed by atoms with Crippen LogP contribution in [0.2, 0.25) is 0 Å². The largest absolute Gasteiger partial charge is 0.478 e. The first-order valence-corrected chi connectivity index (χ1v) is 6.30. The molecule has 0 saturated heterocycles. The lowest BCUT2D eigenvalue weighted by atomic mass is 10.1. The van der Waals surface area contributed by atoms with Gasteiger partial charge >= 0.3 is 5.97 Å². The van der Waals surface area contributed by atoms with Crippen molar-refractivity contribution in [2.75, 3.05) is 24.2 Å². The van der Waals surface area contributed by atoms with Gasteiger partial charge in [-0.15, -0.1) is 0 Å². The number of rotatable bonds is 5. The molecule has 0 saturated carbocycles. The second-order valence-electron chi connectivity index (χ2n) is 4.70. The summed E-state index contributed by atoms with van der Waals surface area (Å²) < 4.78 is 1.81. The lowest BCUT2D eigenvalue weighted by molar-refractivity contribution is 0.0697. The number of likely N-dealkylation sites (N-methyl/N-ethyl adjacent to an activating group) is 1. The van der Waals surface area contributed by atoms with Crippen LogP contribution in [0.3, 0.4) is 0 Å². The molecule has 1 heterocycles. The van der Waals surface area contributed by atoms with Crippen molar-refractivity contribution in [3.05, 3.63) is 41.7 Å². The Labute approximate surface area is 117 Å². The second-order valence-corrected chi connectivity index (χ2v) is 4.70. The van der Waals surface area contributed by atoms with Gasteiger partial charge < -0.3 is 15.7 Å². The Bertz CT molecular complexity index is 621. The third-order valence-corrected chi connectivity index (χ3v) is 3.29. The minimum atomic E-state index is -0.973. The van der Waals surface area contributed by atoms with Crippen molar-refractivity contribution in [1.82, 2.24) is 9.78 Å². The van der Waals surface area contributed by atoms with E-state index in [1.165, 1.54) is 6.07 Å². The van der Waals surface area contributed by atoms with E-state index in [-0.39, 0.29) is 5.56 Å². The lowest BCUT2D eigenvalue weighted by Crippen LogP contribution is -2.23. The summed E-state index contributed by atoms with van der Waals surface area (Å²) >= 11 is 0. The summed E-state index contributed by atoms with van der Waals surface area (Å²) in [5.41, 5.74) is 8.08. The van der Waals surface area contributed by atoms with Crippen molar-refractivity contribution in [2.45, 2.75) is 6.42 Å². The fourth-order valence-electron chi connectivity index (χ4n) is 2.11. The van der Waals surface area contributed by atoms with Gasteiger partial charge in [0.1, 0.15) is 0 Å². The van der Waals surface area contributed by atoms with Crippen LogP contribution in [0.15, 0.2) is 30.5 Å². The van der Waals surface area contributed by atoms with Crippen molar-refractivity contribution in [1.29, 1.82) is 0 Å². The Morgan fingerprint density at radius 3 is 2.80 bits per heavy atom. The number of hydrogen-bond acceptors (Lipinski definition) is 4. The Hall–Kier alpha value is -2.50. The van der Waals surface area contributed by atoms with Gasteiger partial charge in [0, 0.05) is 44.6 Å². The Balaban J connectivity index is 2.15. The molecule has 0 aliphatic carbocycles.